The molecule has 1 rings (SSSR count). The smallest absolute Gasteiger partial charge is 0.872 e. The molecule has 0 heterocycles. The van der Waals surface area contributed by atoms with Gasteiger partial charge in [-0.25, -0.2) is 0 Å². The Hall–Kier alpha value is -0.0200. The van der Waals surface area contributed by atoms with Gasteiger partial charge in [-0.1, -0.05) is 30.3 Å². The molecule has 0 saturated heterocycles. The van der Waals surface area contributed by atoms with E-state index in [4.69, 9.17) is 5.11 Å². The largest absolute Gasteiger partial charge is 1.00 e. The second kappa shape index (κ2) is 9.98. The second-order valence-corrected chi connectivity index (χ2v) is 1.63. The van der Waals surface area contributed by atoms with Gasteiger partial charge in [-0.15, -0.1) is 5.75 Å². The van der Waals surface area contributed by atoms with Gasteiger partial charge in [0.2, 0.25) is 0 Å². The number of para-hydroxylation sites is 1. The summed E-state index contributed by atoms with van der Waals surface area (Å²) in [5, 5.41) is 17.8. The van der Waals surface area contributed by atoms with Crippen LogP contribution < -0.4 is 34.7 Å². The van der Waals surface area contributed by atoms with Crippen LogP contribution in [0.1, 0.15) is 6.92 Å². The maximum atomic E-state index is 10.3. The van der Waals surface area contributed by atoms with Crippen molar-refractivity contribution in [1.82, 2.24) is 0 Å². The van der Waals surface area contributed by atoms with Gasteiger partial charge in [0.15, 0.2) is 0 Å². The Kier molecular flexibility index (Phi) is 12.3. The predicted octanol–water partition coefficient (Wildman–Crippen LogP) is -2.24. The van der Waals surface area contributed by atoms with E-state index in [1.165, 1.54) is 12.1 Å². The summed E-state index contributed by atoms with van der Waals surface area (Å²) in [6.45, 7) is 1.93. The molecule has 3 heteroatoms. The summed E-state index contributed by atoms with van der Waals surface area (Å²) >= 11 is 0. The van der Waals surface area contributed by atoms with Crippen LogP contribution in [0.15, 0.2) is 30.3 Å². The van der Waals surface area contributed by atoms with Gasteiger partial charge in [0.25, 0.3) is 0 Å². The van der Waals surface area contributed by atoms with Crippen LogP contribution in [-0.4, -0.2) is 11.7 Å². The average molecular weight is 162 g/mol. The third kappa shape index (κ3) is 9.98. The van der Waals surface area contributed by atoms with Crippen molar-refractivity contribution in [3.05, 3.63) is 30.3 Å². The van der Waals surface area contributed by atoms with Gasteiger partial charge < -0.3 is 10.2 Å². The van der Waals surface area contributed by atoms with Crippen molar-refractivity contribution >= 4 is 0 Å². The topological polar surface area (TPSA) is 43.3 Å². The van der Waals surface area contributed by atoms with Crippen LogP contribution in [0.5, 0.6) is 5.75 Å². The van der Waals surface area contributed by atoms with Crippen molar-refractivity contribution in [1.29, 1.82) is 0 Å². The van der Waals surface area contributed by atoms with Crippen molar-refractivity contribution < 1.29 is 39.8 Å². The first-order chi connectivity index (χ1) is 4.81. The fourth-order valence-corrected chi connectivity index (χ4v) is 0.420. The molecule has 0 saturated carbocycles. The molecule has 0 unspecified atom stereocenters. The zero-order chi connectivity index (χ0) is 7.82. The van der Waals surface area contributed by atoms with Crippen molar-refractivity contribution in [2.45, 2.75) is 6.92 Å². The monoisotopic (exact) mass is 162 g/mol. The molecule has 0 atom stereocenters. The minimum absolute atomic E-state index is 0. The Morgan fingerprint density at radius 3 is 1.82 bits per heavy atom. The van der Waals surface area contributed by atoms with Gasteiger partial charge in [-0.2, -0.15) is 0 Å². The van der Waals surface area contributed by atoms with E-state index in [2.05, 4.69) is 0 Å². The standard InChI is InChI=1S/C6H6O.C2H6O.Na/c7-6-4-2-1-3-5-6;1-2-3;/h1-5,7H;3H,2H2,1H3;/q;;+1/p-1. The van der Waals surface area contributed by atoms with E-state index in [0.29, 0.717) is 0 Å². The van der Waals surface area contributed by atoms with Gasteiger partial charge in [0.05, 0.1) is 0 Å². The molecule has 0 spiro atoms. The van der Waals surface area contributed by atoms with Crippen LogP contribution in [0.25, 0.3) is 0 Å². The van der Waals surface area contributed by atoms with Gasteiger partial charge in [-0.05, 0) is 6.92 Å². The molecule has 0 aliphatic carbocycles. The first-order valence-electron chi connectivity index (χ1n) is 3.14. The Balaban J connectivity index is 0. The summed E-state index contributed by atoms with van der Waals surface area (Å²) in [5.41, 5.74) is 0. The Morgan fingerprint density at radius 2 is 1.64 bits per heavy atom. The molecular weight excluding hydrogens is 151 g/mol. The maximum absolute atomic E-state index is 10.3. The third-order valence-electron chi connectivity index (χ3n) is 0.743. The molecule has 0 bridgehead atoms. The molecule has 1 aromatic rings. The SMILES string of the molecule is CCO.[Na+].[O-]c1ccccc1. The van der Waals surface area contributed by atoms with Gasteiger partial charge in [-0.3, -0.25) is 0 Å². The molecule has 0 aliphatic rings. The maximum Gasteiger partial charge on any atom is 1.00 e. The van der Waals surface area contributed by atoms with Crippen LogP contribution in [0.2, 0.25) is 0 Å². The van der Waals surface area contributed by atoms with Crippen LogP contribution in [0, 0.1) is 0 Å². The van der Waals surface area contributed by atoms with E-state index in [1.54, 1.807) is 19.1 Å². The molecule has 56 valence electrons. The van der Waals surface area contributed by atoms with Crippen LogP contribution >= 0.6 is 0 Å². The molecule has 0 amide bonds. The summed E-state index contributed by atoms with van der Waals surface area (Å²) in [4.78, 5) is 0. The average Bonchev–Trinajstić information content (AvgIpc) is 1.91. The number of hydrogen-bond donors (Lipinski definition) is 1. The van der Waals surface area contributed by atoms with Crippen LogP contribution in [-0.2, 0) is 0 Å². The molecule has 0 radical (unpaired) electrons. The fraction of sp³-hybridized carbons (Fsp3) is 0.250. The summed E-state index contributed by atoms with van der Waals surface area (Å²) in [7, 11) is 0. The number of hydrogen-bond acceptors (Lipinski definition) is 2. The second-order valence-electron chi connectivity index (χ2n) is 1.63. The Morgan fingerprint density at radius 1 is 1.27 bits per heavy atom. The number of aliphatic hydroxyl groups is 1. The first-order valence-corrected chi connectivity index (χ1v) is 3.14. The minimum atomic E-state index is 0. The van der Waals surface area contributed by atoms with Crippen LogP contribution in [0.4, 0.5) is 0 Å². The summed E-state index contributed by atoms with van der Waals surface area (Å²) in [6, 6.07) is 8.33. The molecule has 11 heavy (non-hydrogen) atoms. The van der Waals surface area contributed by atoms with Crippen molar-refractivity contribution in [3.63, 3.8) is 0 Å². The number of rotatable bonds is 0. The molecular formula is C8H11NaO2. The normalized spacial score (nSPS) is 7.09. The van der Waals surface area contributed by atoms with Crippen molar-refractivity contribution in [2.24, 2.45) is 0 Å². The van der Waals surface area contributed by atoms with Crippen molar-refractivity contribution in [3.8, 4) is 5.75 Å². The van der Waals surface area contributed by atoms with E-state index in [0.717, 1.165) is 0 Å². The first kappa shape index (κ1) is 13.6. The van der Waals surface area contributed by atoms with Crippen molar-refractivity contribution in [2.75, 3.05) is 6.61 Å². The Bertz CT molecular complexity index is 153. The molecule has 0 aromatic heterocycles. The van der Waals surface area contributed by atoms with E-state index in [-0.39, 0.29) is 41.9 Å². The molecule has 1 N–H and O–H groups in total. The predicted molar refractivity (Wildman–Crippen MR) is 38.6 cm³/mol. The third-order valence-corrected chi connectivity index (χ3v) is 0.743. The van der Waals surface area contributed by atoms with E-state index >= 15 is 0 Å². The fourth-order valence-electron chi connectivity index (χ4n) is 0.420. The van der Waals surface area contributed by atoms with Gasteiger partial charge in [0.1, 0.15) is 0 Å². The summed E-state index contributed by atoms with van der Waals surface area (Å²) < 4.78 is 0. The van der Waals surface area contributed by atoms with E-state index in [1.807, 2.05) is 6.07 Å². The quantitative estimate of drug-likeness (QED) is 0.438. The van der Waals surface area contributed by atoms with E-state index < -0.39 is 0 Å². The van der Waals surface area contributed by atoms with Gasteiger partial charge in [0, 0.05) is 6.61 Å². The van der Waals surface area contributed by atoms with Crippen LogP contribution in [0.3, 0.4) is 0 Å². The van der Waals surface area contributed by atoms with Gasteiger partial charge >= 0.3 is 29.6 Å². The summed E-state index contributed by atoms with van der Waals surface area (Å²) in [6.07, 6.45) is 0. The zero-order valence-electron chi connectivity index (χ0n) is 6.95. The zero-order valence-corrected chi connectivity index (χ0v) is 8.95. The Labute approximate surface area is 89.2 Å². The molecule has 0 fully saturated rings. The summed E-state index contributed by atoms with van der Waals surface area (Å²) in [5.74, 6) is 0.0718. The minimum Gasteiger partial charge on any atom is -0.872 e. The molecule has 0 aliphatic heterocycles. The number of aliphatic hydroxyl groups excluding tert-OH is 1. The number of benzene rings is 1. The van der Waals surface area contributed by atoms with E-state index in [9.17, 15) is 5.11 Å². The molecule has 1 aromatic carbocycles. The molecule has 2 nitrogen and oxygen atoms in total.